The minimum Gasteiger partial charge on any atom is -0.384 e. The van der Waals surface area contributed by atoms with Crippen molar-refractivity contribution in [3.8, 4) is 0 Å². The lowest BCUT2D eigenvalue weighted by molar-refractivity contribution is 0.0772. The molecule has 0 saturated carbocycles. The number of halogens is 1. The highest BCUT2D eigenvalue weighted by Crippen LogP contribution is 2.21. The van der Waals surface area contributed by atoms with Gasteiger partial charge in [-0.1, -0.05) is 25.4 Å². The van der Waals surface area contributed by atoms with E-state index in [1.54, 1.807) is 12.1 Å². The first-order valence-electron chi connectivity index (χ1n) is 7.02. The fourth-order valence-electron chi connectivity index (χ4n) is 2.72. The van der Waals surface area contributed by atoms with Crippen LogP contribution in [0.4, 0.5) is 5.82 Å². The molecule has 0 spiro atoms. The molecule has 1 aliphatic rings. The van der Waals surface area contributed by atoms with Gasteiger partial charge in [-0.3, -0.25) is 9.69 Å². The monoisotopic (exact) mass is 296 g/mol. The SMILES string of the molecule is CCN(CC)C1CCN(C(=O)c2nc(N)ccc2Cl)C1. The molecule has 1 unspecified atom stereocenters. The molecule has 1 amide bonds. The summed E-state index contributed by atoms with van der Waals surface area (Å²) >= 11 is 6.05. The first-order valence-corrected chi connectivity index (χ1v) is 7.40. The van der Waals surface area contributed by atoms with Gasteiger partial charge in [-0.2, -0.15) is 0 Å². The predicted octanol–water partition coefficient (Wildman–Crippen LogP) is 1.87. The number of nitrogens with two attached hydrogens (primary N) is 1. The van der Waals surface area contributed by atoms with Gasteiger partial charge in [0.1, 0.15) is 11.5 Å². The van der Waals surface area contributed by atoms with Crippen LogP contribution in [0, 0.1) is 0 Å². The van der Waals surface area contributed by atoms with Crippen molar-refractivity contribution in [1.82, 2.24) is 14.8 Å². The van der Waals surface area contributed by atoms with E-state index in [1.165, 1.54) is 0 Å². The van der Waals surface area contributed by atoms with Gasteiger partial charge in [-0.05, 0) is 31.6 Å². The van der Waals surface area contributed by atoms with Crippen molar-refractivity contribution in [1.29, 1.82) is 0 Å². The summed E-state index contributed by atoms with van der Waals surface area (Å²) in [6.45, 7) is 7.76. The molecule has 0 radical (unpaired) electrons. The molecule has 2 N–H and O–H groups in total. The minimum absolute atomic E-state index is 0.128. The molecule has 1 aromatic rings. The Labute approximate surface area is 124 Å². The largest absolute Gasteiger partial charge is 0.384 e. The highest BCUT2D eigenvalue weighted by atomic mass is 35.5. The van der Waals surface area contributed by atoms with Gasteiger partial charge in [0.2, 0.25) is 0 Å². The van der Waals surface area contributed by atoms with E-state index < -0.39 is 0 Å². The van der Waals surface area contributed by atoms with Crippen LogP contribution in [0.3, 0.4) is 0 Å². The highest BCUT2D eigenvalue weighted by molar-refractivity contribution is 6.33. The molecule has 2 heterocycles. The van der Waals surface area contributed by atoms with Gasteiger partial charge in [-0.25, -0.2) is 4.98 Å². The average Bonchev–Trinajstić information content (AvgIpc) is 2.92. The first-order chi connectivity index (χ1) is 9.56. The van der Waals surface area contributed by atoms with Crippen LogP contribution in [0.1, 0.15) is 30.8 Å². The molecule has 110 valence electrons. The molecule has 20 heavy (non-hydrogen) atoms. The van der Waals surface area contributed by atoms with Crippen LogP contribution < -0.4 is 5.73 Å². The van der Waals surface area contributed by atoms with E-state index in [4.69, 9.17) is 17.3 Å². The second-order valence-electron chi connectivity index (χ2n) is 4.98. The van der Waals surface area contributed by atoms with Crippen molar-refractivity contribution in [3.05, 3.63) is 22.8 Å². The van der Waals surface area contributed by atoms with Crippen LogP contribution in [-0.4, -0.2) is 52.9 Å². The van der Waals surface area contributed by atoms with E-state index >= 15 is 0 Å². The zero-order valence-corrected chi connectivity index (χ0v) is 12.7. The standard InChI is InChI=1S/C14H21ClN4O/c1-3-18(4-2)10-7-8-19(9-10)14(20)13-11(15)5-6-12(16)17-13/h5-6,10H,3-4,7-9H2,1-2H3,(H2,16,17). The van der Waals surface area contributed by atoms with Gasteiger partial charge in [0.05, 0.1) is 5.02 Å². The van der Waals surface area contributed by atoms with Crippen molar-refractivity contribution < 1.29 is 4.79 Å². The van der Waals surface area contributed by atoms with Gasteiger partial charge in [0.15, 0.2) is 0 Å². The molecular formula is C14H21ClN4O. The van der Waals surface area contributed by atoms with Crippen LogP contribution >= 0.6 is 11.6 Å². The summed E-state index contributed by atoms with van der Waals surface area (Å²) in [6.07, 6.45) is 0.993. The number of hydrogen-bond acceptors (Lipinski definition) is 4. The molecular weight excluding hydrogens is 276 g/mol. The number of aromatic nitrogens is 1. The van der Waals surface area contributed by atoms with Gasteiger partial charge in [0.25, 0.3) is 5.91 Å². The third-order valence-electron chi connectivity index (χ3n) is 3.85. The molecule has 1 aliphatic heterocycles. The Kier molecular flexibility index (Phi) is 4.83. The number of hydrogen-bond donors (Lipinski definition) is 1. The summed E-state index contributed by atoms with van der Waals surface area (Å²) in [4.78, 5) is 20.7. The number of anilines is 1. The van der Waals surface area contributed by atoms with Gasteiger partial charge in [0, 0.05) is 19.1 Å². The molecule has 1 saturated heterocycles. The number of rotatable bonds is 4. The van der Waals surface area contributed by atoms with E-state index in [0.29, 0.717) is 16.9 Å². The Morgan fingerprint density at radius 2 is 2.20 bits per heavy atom. The zero-order valence-electron chi connectivity index (χ0n) is 12.0. The number of amides is 1. The molecule has 6 heteroatoms. The topological polar surface area (TPSA) is 62.5 Å². The van der Waals surface area contributed by atoms with Crippen LogP contribution in [0.2, 0.25) is 5.02 Å². The normalized spacial score (nSPS) is 18.8. The molecule has 0 aliphatic carbocycles. The van der Waals surface area contributed by atoms with Gasteiger partial charge < -0.3 is 10.6 Å². The van der Waals surface area contributed by atoms with Gasteiger partial charge >= 0.3 is 0 Å². The van der Waals surface area contributed by atoms with Crippen molar-refractivity contribution in [3.63, 3.8) is 0 Å². The van der Waals surface area contributed by atoms with E-state index in [1.807, 2.05) is 4.90 Å². The van der Waals surface area contributed by atoms with Crippen LogP contribution in [0.25, 0.3) is 0 Å². The van der Waals surface area contributed by atoms with Crippen molar-refractivity contribution in [2.45, 2.75) is 26.3 Å². The summed E-state index contributed by atoms with van der Waals surface area (Å²) in [6, 6.07) is 3.64. The van der Waals surface area contributed by atoms with E-state index in [-0.39, 0.29) is 11.6 Å². The number of nitrogens with zero attached hydrogens (tertiary/aromatic N) is 3. The second kappa shape index (κ2) is 6.41. The number of carbonyl (C=O) groups is 1. The first kappa shape index (κ1) is 15.1. The summed E-state index contributed by atoms with van der Waals surface area (Å²) < 4.78 is 0. The molecule has 1 aromatic heterocycles. The lowest BCUT2D eigenvalue weighted by atomic mass is 10.2. The third-order valence-corrected chi connectivity index (χ3v) is 4.15. The molecule has 5 nitrogen and oxygen atoms in total. The van der Waals surface area contributed by atoms with Gasteiger partial charge in [-0.15, -0.1) is 0 Å². The van der Waals surface area contributed by atoms with Crippen molar-refractivity contribution in [2.24, 2.45) is 0 Å². The maximum absolute atomic E-state index is 12.5. The average molecular weight is 297 g/mol. The van der Waals surface area contributed by atoms with Crippen LogP contribution in [0.15, 0.2) is 12.1 Å². The smallest absolute Gasteiger partial charge is 0.274 e. The molecule has 0 bridgehead atoms. The summed E-state index contributed by atoms with van der Waals surface area (Å²) in [5.74, 6) is 0.189. The number of carbonyl (C=O) groups excluding carboxylic acids is 1. The van der Waals surface area contributed by atoms with Crippen molar-refractivity contribution >= 4 is 23.3 Å². The number of pyridine rings is 1. The van der Waals surface area contributed by atoms with E-state index in [0.717, 1.165) is 32.6 Å². The molecule has 1 fully saturated rings. The maximum Gasteiger partial charge on any atom is 0.274 e. The Morgan fingerprint density at radius 3 is 2.85 bits per heavy atom. The van der Waals surface area contributed by atoms with E-state index in [2.05, 4.69) is 23.7 Å². The minimum atomic E-state index is -0.128. The maximum atomic E-state index is 12.5. The molecule has 0 aromatic carbocycles. The number of nitrogen functional groups attached to an aromatic ring is 1. The quantitative estimate of drug-likeness (QED) is 0.921. The summed E-state index contributed by atoms with van der Waals surface area (Å²) in [5, 5.41) is 0.357. The summed E-state index contributed by atoms with van der Waals surface area (Å²) in [7, 11) is 0. The lowest BCUT2D eigenvalue weighted by Gasteiger charge is -2.26. The van der Waals surface area contributed by atoms with Crippen LogP contribution in [0.5, 0.6) is 0 Å². The fraction of sp³-hybridized carbons (Fsp3) is 0.571. The molecule has 2 rings (SSSR count). The lowest BCUT2D eigenvalue weighted by Crippen LogP contribution is -2.38. The third kappa shape index (κ3) is 3.04. The number of likely N-dealkylation sites (tertiary alicyclic amines) is 1. The van der Waals surface area contributed by atoms with Crippen LogP contribution in [-0.2, 0) is 0 Å². The fourth-order valence-corrected chi connectivity index (χ4v) is 2.91. The zero-order chi connectivity index (χ0) is 14.7. The number of likely N-dealkylation sites (N-methyl/N-ethyl adjacent to an activating group) is 1. The summed E-state index contributed by atoms with van der Waals surface area (Å²) in [5.41, 5.74) is 5.89. The van der Waals surface area contributed by atoms with E-state index in [9.17, 15) is 4.79 Å². The second-order valence-corrected chi connectivity index (χ2v) is 5.39. The highest BCUT2D eigenvalue weighted by Gasteiger charge is 2.31. The predicted molar refractivity (Wildman–Crippen MR) is 80.9 cm³/mol. The Morgan fingerprint density at radius 1 is 1.50 bits per heavy atom. The Hall–Kier alpha value is -1.33. The Bertz CT molecular complexity index is 490. The Balaban J connectivity index is 2.10. The molecule has 1 atom stereocenters. The van der Waals surface area contributed by atoms with Crippen molar-refractivity contribution in [2.75, 3.05) is 31.9 Å².